The molecule has 108 valence electrons. The highest BCUT2D eigenvalue weighted by atomic mass is 16.3. The van der Waals surface area contributed by atoms with Gasteiger partial charge in [-0.05, 0) is 30.9 Å². The topological polar surface area (TPSA) is 23.5 Å². The fourth-order valence-corrected chi connectivity index (χ4v) is 2.35. The number of rotatable bonds is 5. The Bertz CT molecular complexity index is 369. The highest BCUT2D eigenvalue weighted by Gasteiger charge is 2.26. The van der Waals surface area contributed by atoms with Crippen molar-refractivity contribution in [3.63, 3.8) is 0 Å². The molecule has 1 N–H and O–H groups in total. The normalized spacial score (nSPS) is 17.3. The van der Waals surface area contributed by atoms with Crippen LogP contribution in [0.25, 0.3) is 0 Å². The summed E-state index contributed by atoms with van der Waals surface area (Å²) >= 11 is 0. The van der Waals surface area contributed by atoms with Crippen molar-refractivity contribution in [3.8, 4) is 0 Å². The van der Waals surface area contributed by atoms with Gasteiger partial charge >= 0.3 is 0 Å². The molecule has 0 aliphatic carbocycles. The third-order valence-corrected chi connectivity index (χ3v) is 4.17. The maximum absolute atomic E-state index is 10.4. The molecular weight excluding hydrogens is 234 g/mol. The van der Waals surface area contributed by atoms with E-state index in [1.165, 1.54) is 0 Å². The van der Waals surface area contributed by atoms with E-state index in [0.717, 1.165) is 12.1 Å². The summed E-state index contributed by atoms with van der Waals surface area (Å²) in [5.41, 5.74) is 1.26. The molecule has 2 nitrogen and oxygen atoms in total. The van der Waals surface area contributed by atoms with Crippen LogP contribution in [0.3, 0.4) is 0 Å². The molecule has 2 heteroatoms. The monoisotopic (exact) mass is 263 g/mol. The fourth-order valence-electron chi connectivity index (χ4n) is 2.35. The zero-order valence-corrected chi connectivity index (χ0v) is 13.2. The van der Waals surface area contributed by atoms with E-state index in [0.29, 0.717) is 6.04 Å². The number of nitrogens with zero attached hydrogens (tertiary/aromatic N) is 1. The lowest BCUT2D eigenvalue weighted by atomic mass is 9.86. The SMILES string of the molecule is CC(CN(C)C(C)C(C)(C)C)C(O)c1ccccc1. The van der Waals surface area contributed by atoms with Gasteiger partial charge in [-0.25, -0.2) is 0 Å². The predicted octanol–water partition coefficient (Wildman–Crippen LogP) is 3.72. The molecule has 0 saturated carbocycles. The van der Waals surface area contributed by atoms with Gasteiger partial charge in [0.25, 0.3) is 0 Å². The van der Waals surface area contributed by atoms with E-state index < -0.39 is 6.10 Å². The van der Waals surface area contributed by atoms with Gasteiger partial charge < -0.3 is 10.0 Å². The third kappa shape index (κ3) is 4.63. The number of hydrogen-bond acceptors (Lipinski definition) is 2. The summed E-state index contributed by atoms with van der Waals surface area (Å²) in [6, 6.07) is 10.4. The van der Waals surface area contributed by atoms with Gasteiger partial charge in [0.2, 0.25) is 0 Å². The van der Waals surface area contributed by atoms with Crippen molar-refractivity contribution in [2.45, 2.75) is 46.8 Å². The molecule has 0 bridgehead atoms. The van der Waals surface area contributed by atoms with E-state index in [4.69, 9.17) is 0 Å². The van der Waals surface area contributed by atoms with Gasteiger partial charge in [-0.1, -0.05) is 58.0 Å². The Balaban J connectivity index is 2.62. The molecule has 0 aliphatic rings. The largest absolute Gasteiger partial charge is 0.388 e. The first-order valence-corrected chi connectivity index (χ1v) is 7.16. The molecule has 3 atom stereocenters. The smallest absolute Gasteiger partial charge is 0.0827 e. The van der Waals surface area contributed by atoms with Gasteiger partial charge in [-0.2, -0.15) is 0 Å². The van der Waals surface area contributed by atoms with Crippen LogP contribution < -0.4 is 0 Å². The Kier molecular flexibility index (Phi) is 5.57. The first-order valence-electron chi connectivity index (χ1n) is 7.16. The van der Waals surface area contributed by atoms with Crippen molar-refractivity contribution in [2.24, 2.45) is 11.3 Å². The van der Waals surface area contributed by atoms with E-state index in [-0.39, 0.29) is 11.3 Å². The number of benzene rings is 1. The van der Waals surface area contributed by atoms with Crippen molar-refractivity contribution in [2.75, 3.05) is 13.6 Å². The van der Waals surface area contributed by atoms with Crippen molar-refractivity contribution in [1.82, 2.24) is 4.90 Å². The van der Waals surface area contributed by atoms with Crippen molar-refractivity contribution in [1.29, 1.82) is 0 Å². The Morgan fingerprint density at radius 3 is 2.11 bits per heavy atom. The van der Waals surface area contributed by atoms with Crippen molar-refractivity contribution >= 4 is 0 Å². The molecule has 1 rings (SSSR count). The molecule has 0 heterocycles. The summed E-state index contributed by atoms with van der Waals surface area (Å²) in [6.07, 6.45) is -0.393. The van der Waals surface area contributed by atoms with Gasteiger partial charge in [-0.15, -0.1) is 0 Å². The second-order valence-electron chi connectivity index (χ2n) is 6.81. The van der Waals surface area contributed by atoms with Crippen LogP contribution in [-0.4, -0.2) is 29.6 Å². The molecule has 1 aromatic rings. The molecule has 0 amide bonds. The van der Waals surface area contributed by atoms with Crippen molar-refractivity contribution < 1.29 is 5.11 Å². The molecule has 0 aliphatic heterocycles. The third-order valence-electron chi connectivity index (χ3n) is 4.17. The van der Waals surface area contributed by atoms with Crippen LogP contribution in [0.2, 0.25) is 0 Å². The number of aliphatic hydroxyl groups is 1. The maximum atomic E-state index is 10.4. The number of aliphatic hydroxyl groups excluding tert-OH is 1. The lowest BCUT2D eigenvalue weighted by Crippen LogP contribution is -2.42. The molecule has 1 aromatic carbocycles. The summed E-state index contributed by atoms with van der Waals surface area (Å²) in [6.45, 7) is 12.0. The van der Waals surface area contributed by atoms with Gasteiger partial charge in [0, 0.05) is 12.6 Å². The molecule has 0 spiro atoms. The average Bonchev–Trinajstić information content (AvgIpc) is 2.36. The predicted molar refractivity (Wildman–Crippen MR) is 82.1 cm³/mol. The van der Waals surface area contributed by atoms with Gasteiger partial charge in [-0.3, -0.25) is 0 Å². The average molecular weight is 263 g/mol. The van der Waals surface area contributed by atoms with Gasteiger partial charge in [0.05, 0.1) is 6.10 Å². The Hall–Kier alpha value is -0.860. The van der Waals surface area contributed by atoms with Crippen LogP contribution in [0.1, 0.15) is 46.3 Å². The Morgan fingerprint density at radius 2 is 1.63 bits per heavy atom. The quantitative estimate of drug-likeness (QED) is 0.875. The first kappa shape index (κ1) is 16.2. The second kappa shape index (κ2) is 6.53. The standard InChI is InChI=1S/C17H29NO/c1-13(12-18(6)14(2)17(3,4)5)16(19)15-10-8-7-9-11-15/h7-11,13-14,16,19H,12H2,1-6H3. The summed E-state index contributed by atoms with van der Waals surface area (Å²) in [4.78, 5) is 2.34. The summed E-state index contributed by atoms with van der Waals surface area (Å²) in [5.74, 6) is 0.220. The minimum absolute atomic E-state index is 0.220. The molecule has 0 radical (unpaired) electrons. The minimum Gasteiger partial charge on any atom is -0.388 e. The molecule has 0 fully saturated rings. The summed E-state index contributed by atoms with van der Waals surface area (Å²) < 4.78 is 0. The van der Waals surface area contributed by atoms with Crippen LogP contribution in [0, 0.1) is 11.3 Å². The molecule has 0 aromatic heterocycles. The van der Waals surface area contributed by atoms with E-state index in [1.807, 2.05) is 30.3 Å². The fraction of sp³-hybridized carbons (Fsp3) is 0.647. The molecule has 0 saturated heterocycles. The van der Waals surface area contributed by atoms with Crippen molar-refractivity contribution in [3.05, 3.63) is 35.9 Å². The van der Waals surface area contributed by atoms with Crippen LogP contribution in [-0.2, 0) is 0 Å². The van der Waals surface area contributed by atoms with E-state index in [2.05, 4.69) is 46.6 Å². The molecular formula is C17H29NO. The number of hydrogen-bond donors (Lipinski definition) is 1. The maximum Gasteiger partial charge on any atom is 0.0827 e. The Morgan fingerprint density at radius 1 is 1.11 bits per heavy atom. The second-order valence-corrected chi connectivity index (χ2v) is 6.81. The van der Waals surface area contributed by atoms with E-state index >= 15 is 0 Å². The van der Waals surface area contributed by atoms with Crippen LogP contribution in [0.5, 0.6) is 0 Å². The Labute approximate surface area is 118 Å². The van der Waals surface area contributed by atoms with Crippen LogP contribution in [0.15, 0.2) is 30.3 Å². The highest BCUT2D eigenvalue weighted by Crippen LogP contribution is 2.27. The molecule has 3 unspecified atom stereocenters. The lowest BCUT2D eigenvalue weighted by molar-refractivity contribution is 0.0633. The van der Waals surface area contributed by atoms with Crippen LogP contribution >= 0.6 is 0 Å². The van der Waals surface area contributed by atoms with Gasteiger partial charge in [0.15, 0.2) is 0 Å². The van der Waals surface area contributed by atoms with E-state index in [1.54, 1.807) is 0 Å². The summed E-state index contributed by atoms with van der Waals surface area (Å²) in [7, 11) is 2.14. The lowest BCUT2D eigenvalue weighted by Gasteiger charge is -2.37. The summed E-state index contributed by atoms with van der Waals surface area (Å²) in [5, 5.41) is 10.4. The first-order chi connectivity index (χ1) is 8.73. The van der Waals surface area contributed by atoms with E-state index in [9.17, 15) is 5.11 Å². The van der Waals surface area contributed by atoms with Crippen LogP contribution in [0.4, 0.5) is 0 Å². The minimum atomic E-state index is -0.393. The highest BCUT2D eigenvalue weighted by molar-refractivity contribution is 5.17. The van der Waals surface area contributed by atoms with Gasteiger partial charge in [0.1, 0.15) is 0 Å². The zero-order chi connectivity index (χ0) is 14.6. The molecule has 19 heavy (non-hydrogen) atoms. The zero-order valence-electron chi connectivity index (χ0n) is 13.2.